The van der Waals surface area contributed by atoms with Crippen LogP contribution in [-0.4, -0.2) is 11.7 Å². The number of aryl methyl sites for hydroxylation is 1. The van der Waals surface area contributed by atoms with Crippen molar-refractivity contribution in [3.63, 3.8) is 0 Å². The number of benzene rings is 3. The molecule has 28 heavy (non-hydrogen) atoms. The molecule has 0 aliphatic rings. The number of carbonyl (C=O) groups excluding carboxylic acids is 2. The van der Waals surface area contributed by atoms with E-state index in [1.807, 2.05) is 0 Å². The lowest BCUT2D eigenvalue weighted by atomic mass is 9.96. The van der Waals surface area contributed by atoms with E-state index in [2.05, 4.69) is 5.32 Å². The molecule has 4 nitrogen and oxygen atoms in total. The first-order valence-electron chi connectivity index (χ1n) is 8.23. The van der Waals surface area contributed by atoms with Crippen molar-refractivity contribution >= 4 is 34.7 Å². The number of nitrogens with one attached hydrogen (secondary N) is 1. The molecule has 1 amide bonds. The Morgan fingerprint density at radius 1 is 0.964 bits per heavy atom. The zero-order valence-electron chi connectivity index (χ0n) is 14.7. The fraction of sp³-hybridized carbons (Fsp3) is 0.0476. The Labute approximate surface area is 164 Å². The lowest BCUT2D eigenvalue weighted by molar-refractivity contribution is 0.1000. The number of hydrogen-bond acceptors (Lipinski definition) is 3. The maximum atomic E-state index is 13.8. The average Bonchev–Trinajstić information content (AvgIpc) is 2.64. The van der Waals surface area contributed by atoms with Crippen LogP contribution in [-0.2, 0) is 0 Å². The van der Waals surface area contributed by atoms with Gasteiger partial charge in [0.2, 0.25) is 5.91 Å². The highest BCUT2D eigenvalue weighted by molar-refractivity contribution is 6.35. The minimum absolute atomic E-state index is 0.0709. The number of rotatable bonds is 5. The molecule has 0 saturated carbocycles. The minimum atomic E-state index is -0.754. The van der Waals surface area contributed by atoms with Crippen LogP contribution in [0.1, 0.15) is 31.8 Å². The maximum absolute atomic E-state index is 13.8. The molecule has 0 fully saturated rings. The molecular formula is C21H15ClF2N2O2. The molecule has 0 atom stereocenters. The number of primary amides is 1. The van der Waals surface area contributed by atoms with Crippen LogP contribution in [0.3, 0.4) is 0 Å². The molecule has 7 heteroatoms. The topological polar surface area (TPSA) is 72.2 Å². The molecule has 0 radical (unpaired) electrons. The van der Waals surface area contributed by atoms with Crippen LogP contribution in [0.5, 0.6) is 0 Å². The first-order chi connectivity index (χ1) is 13.3. The quantitative estimate of drug-likeness (QED) is 0.592. The normalized spacial score (nSPS) is 10.6. The molecular weight excluding hydrogens is 386 g/mol. The number of carbonyl (C=O) groups is 2. The summed E-state index contributed by atoms with van der Waals surface area (Å²) in [6.45, 7) is 1.74. The summed E-state index contributed by atoms with van der Waals surface area (Å²) in [5.74, 6) is -2.45. The Bertz CT molecular complexity index is 1100. The minimum Gasteiger partial charge on any atom is -0.366 e. The Balaban J connectivity index is 1.91. The predicted molar refractivity (Wildman–Crippen MR) is 104 cm³/mol. The Hall–Kier alpha value is -3.25. The maximum Gasteiger partial charge on any atom is 0.248 e. The van der Waals surface area contributed by atoms with Crippen LogP contribution >= 0.6 is 11.6 Å². The predicted octanol–water partition coefficient (Wildman–Crippen LogP) is 5.00. The lowest BCUT2D eigenvalue weighted by Crippen LogP contribution is -2.13. The third kappa shape index (κ3) is 4.02. The molecule has 3 N–H and O–H groups in total. The van der Waals surface area contributed by atoms with E-state index < -0.39 is 17.5 Å². The Morgan fingerprint density at radius 3 is 2.36 bits per heavy atom. The highest BCUT2D eigenvalue weighted by Gasteiger charge is 2.17. The molecule has 0 spiro atoms. The fourth-order valence-corrected chi connectivity index (χ4v) is 2.95. The third-order valence-corrected chi connectivity index (χ3v) is 4.50. The highest BCUT2D eigenvalue weighted by Crippen LogP contribution is 2.28. The second-order valence-corrected chi connectivity index (χ2v) is 6.57. The molecule has 0 aliphatic heterocycles. The molecule has 0 aliphatic carbocycles. The summed E-state index contributed by atoms with van der Waals surface area (Å²) in [6.07, 6.45) is 0. The van der Waals surface area contributed by atoms with Crippen LogP contribution in [0.2, 0.25) is 5.02 Å². The number of anilines is 2. The van der Waals surface area contributed by atoms with E-state index in [9.17, 15) is 18.4 Å². The highest BCUT2D eigenvalue weighted by atomic mass is 35.5. The van der Waals surface area contributed by atoms with Gasteiger partial charge in [-0.25, -0.2) is 8.78 Å². The summed E-state index contributed by atoms with van der Waals surface area (Å²) in [5, 5.41) is 2.92. The molecule has 0 bridgehead atoms. The first-order valence-corrected chi connectivity index (χ1v) is 8.61. The zero-order chi connectivity index (χ0) is 20.4. The fourth-order valence-electron chi connectivity index (χ4n) is 2.69. The largest absolute Gasteiger partial charge is 0.366 e. The second-order valence-electron chi connectivity index (χ2n) is 6.17. The lowest BCUT2D eigenvalue weighted by Gasteiger charge is -2.11. The van der Waals surface area contributed by atoms with Gasteiger partial charge in [0.25, 0.3) is 0 Å². The van der Waals surface area contributed by atoms with E-state index in [1.54, 1.807) is 25.1 Å². The number of halogens is 3. The summed E-state index contributed by atoms with van der Waals surface area (Å²) >= 11 is 6.25. The smallest absolute Gasteiger partial charge is 0.248 e. The molecule has 3 aromatic rings. The summed E-state index contributed by atoms with van der Waals surface area (Å²) in [6, 6.07) is 12.3. The molecule has 3 rings (SSSR count). The molecule has 142 valence electrons. The first kappa shape index (κ1) is 19.5. The van der Waals surface area contributed by atoms with Crippen LogP contribution in [0.15, 0.2) is 54.6 Å². The standard InChI is InChI=1S/C21H15ClF2N2O2/c1-11-2-3-12(21(25)28)8-16(11)20(27)15-6-5-14(10-17(15)22)26-19-7-4-13(23)9-18(19)24/h2-10,26H,1H3,(H2,25,28). The summed E-state index contributed by atoms with van der Waals surface area (Å²) in [4.78, 5) is 24.2. The van der Waals surface area contributed by atoms with Gasteiger partial charge in [0, 0.05) is 28.4 Å². The second kappa shape index (κ2) is 7.78. The van der Waals surface area contributed by atoms with Crippen LogP contribution in [0.25, 0.3) is 0 Å². The number of nitrogens with two attached hydrogens (primary N) is 1. The van der Waals surface area contributed by atoms with E-state index in [0.29, 0.717) is 16.8 Å². The van der Waals surface area contributed by atoms with Gasteiger partial charge in [0.15, 0.2) is 5.78 Å². The number of hydrogen-bond donors (Lipinski definition) is 2. The SMILES string of the molecule is Cc1ccc(C(N)=O)cc1C(=O)c1ccc(Nc2ccc(F)cc2F)cc1Cl. The summed E-state index contributed by atoms with van der Waals surface area (Å²) in [5.41, 5.74) is 7.19. The van der Waals surface area contributed by atoms with Gasteiger partial charge in [-0.1, -0.05) is 17.7 Å². The van der Waals surface area contributed by atoms with Crippen LogP contribution < -0.4 is 11.1 Å². The van der Waals surface area contributed by atoms with Crippen molar-refractivity contribution in [1.82, 2.24) is 0 Å². The Morgan fingerprint density at radius 2 is 1.71 bits per heavy atom. The number of amides is 1. The van der Waals surface area contributed by atoms with E-state index in [1.165, 1.54) is 24.3 Å². The van der Waals surface area contributed by atoms with Gasteiger partial charge in [-0.15, -0.1) is 0 Å². The summed E-state index contributed by atoms with van der Waals surface area (Å²) in [7, 11) is 0. The van der Waals surface area contributed by atoms with Gasteiger partial charge in [0.05, 0.1) is 10.7 Å². The average molecular weight is 401 g/mol. The summed E-state index contributed by atoms with van der Waals surface area (Å²) < 4.78 is 26.8. The molecule has 0 saturated heterocycles. The van der Waals surface area contributed by atoms with Gasteiger partial charge in [-0.3, -0.25) is 9.59 Å². The van der Waals surface area contributed by atoms with Gasteiger partial charge >= 0.3 is 0 Å². The number of ketones is 1. The van der Waals surface area contributed by atoms with Gasteiger partial charge in [0.1, 0.15) is 11.6 Å². The Kier molecular flexibility index (Phi) is 5.42. The van der Waals surface area contributed by atoms with E-state index in [-0.39, 0.29) is 27.6 Å². The molecule has 0 unspecified atom stereocenters. The van der Waals surface area contributed by atoms with Crippen molar-refractivity contribution in [3.05, 3.63) is 93.5 Å². The third-order valence-electron chi connectivity index (χ3n) is 4.19. The van der Waals surface area contributed by atoms with Crippen molar-refractivity contribution in [2.45, 2.75) is 6.92 Å². The molecule has 3 aromatic carbocycles. The van der Waals surface area contributed by atoms with Crippen LogP contribution in [0, 0.1) is 18.6 Å². The van der Waals surface area contributed by atoms with Gasteiger partial charge in [-0.2, -0.15) is 0 Å². The van der Waals surface area contributed by atoms with E-state index in [4.69, 9.17) is 17.3 Å². The van der Waals surface area contributed by atoms with Crippen molar-refractivity contribution < 1.29 is 18.4 Å². The molecule has 0 heterocycles. The van der Waals surface area contributed by atoms with Crippen molar-refractivity contribution in [2.24, 2.45) is 5.73 Å². The van der Waals surface area contributed by atoms with Crippen molar-refractivity contribution in [3.8, 4) is 0 Å². The van der Waals surface area contributed by atoms with Crippen molar-refractivity contribution in [2.75, 3.05) is 5.32 Å². The molecule has 0 aromatic heterocycles. The van der Waals surface area contributed by atoms with Crippen molar-refractivity contribution in [1.29, 1.82) is 0 Å². The monoisotopic (exact) mass is 400 g/mol. The van der Waals surface area contributed by atoms with E-state index >= 15 is 0 Å². The van der Waals surface area contributed by atoms with Gasteiger partial charge in [-0.05, 0) is 55.0 Å². The van der Waals surface area contributed by atoms with Gasteiger partial charge < -0.3 is 11.1 Å². The van der Waals surface area contributed by atoms with E-state index in [0.717, 1.165) is 12.1 Å². The zero-order valence-corrected chi connectivity index (χ0v) is 15.5. The van der Waals surface area contributed by atoms with Crippen LogP contribution in [0.4, 0.5) is 20.2 Å².